The highest BCUT2D eigenvalue weighted by molar-refractivity contribution is 6.30. The van der Waals surface area contributed by atoms with Gasteiger partial charge in [0.15, 0.2) is 0 Å². The Morgan fingerprint density at radius 2 is 2.14 bits per heavy atom. The zero-order valence-electron chi connectivity index (χ0n) is 13.0. The van der Waals surface area contributed by atoms with Crippen LogP contribution in [-0.4, -0.2) is 23.9 Å². The quantitative estimate of drug-likeness (QED) is 0.889. The maximum absolute atomic E-state index is 6.12. The number of ether oxygens (including phenoxy) is 1. The van der Waals surface area contributed by atoms with Crippen molar-refractivity contribution in [2.24, 2.45) is 0 Å². The van der Waals surface area contributed by atoms with Crippen molar-refractivity contribution in [3.63, 3.8) is 0 Å². The van der Waals surface area contributed by atoms with E-state index in [1.807, 2.05) is 36.9 Å². The minimum atomic E-state index is 0.165. The molecule has 4 nitrogen and oxygen atoms in total. The molecule has 0 saturated heterocycles. The fourth-order valence-corrected chi connectivity index (χ4v) is 2.78. The van der Waals surface area contributed by atoms with Gasteiger partial charge in [-0.15, -0.1) is 0 Å². The van der Waals surface area contributed by atoms with Crippen LogP contribution in [0, 0.1) is 6.92 Å². The van der Waals surface area contributed by atoms with Crippen molar-refractivity contribution in [3.05, 3.63) is 46.2 Å². The number of hydrogen-bond donors (Lipinski definition) is 1. The third kappa shape index (κ3) is 3.57. The number of rotatable bonds is 6. The average molecular weight is 308 g/mol. The van der Waals surface area contributed by atoms with Crippen LogP contribution in [-0.2, 0) is 13.0 Å². The van der Waals surface area contributed by atoms with Crippen molar-refractivity contribution < 1.29 is 4.74 Å². The molecule has 21 heavy (non-hydrogen) atoms. The lowest BCUT2D eigenvalue weighted by molar-refractivity contribution is 0.405. The van der Waals surface area contributed by atoms with Gasteiger partial charge in [0.25, 0.3) is 0 Å². The Kier molecular flexibility index (Phi) is 5.26. The Morgan fingerprint density at radius 3 is 2.76 bits per heavy atom. The fraction of sp³-hybridized carbons (Fsp3) is 0.438. The molecule has 2 aromatic rings. The van der Waals surface area contributed by atoms with Gasteiger partial charge in [-0.2, -0.15) is 5.10 Å². The van der Waals surface area contributed by atoms with Crippen LogP contribution < -0.4 is 10.1 Å². The van der Waals surface area contributed by atoms with Crippen LogP contribution in [0.25, 0.3) is 0 Å². The van der Waals surface area contributed by atoms with E-state index in [2.05, 4.69) is 23.4 Å². The molecule has 1 aromatic heterocycles. The third-order valence-electron chi connectivity index (χ3n) is 3.60. The molecule has 0 radical (unpaired) electrons. The molecule has 0 aliphatic carbocycles. The largest absolute Gasteiger partial charge is 0.496 e. The van der Waals surface area contributed by atoms with E-state index < -0.39 is 0 Å². The fourth-order valence-electron chi connectivity index (χ4n) is 2.58. The van der Waals surface area contributed by atoms with Crippen molar-refractivity contribution in [2.75, 3.05) is 14.2 Å². The van der Waals surface area contributed by atoms with Crippen molar-refractivity contribution in [2.45, 2.75) is 32.9 Å². The number of nitrogens with one attached hydrogen (secondary N) is 1. The monoisotopic (exact) mass is 307 g/mol. The summed E-state index contributed by atoms with van der Waals surface area (Å²) in [5.74, 6) is 0.860. The molecule has 2 rings (SSSR count). The van der Waals surface area contributed by atoms with Crippen LogP contribution in [0.1, 0.15) is 29.9 Å². The molecule has 0 saturated carbocycles. The summed E-state index contributed by atoms with van der Waals surface area (Å²) in [6.07, 6.45) is 0.797. The zero-order valence-corrected chi connectivity index (χ0v) is 13.7. The summed E-state index contributed by atoms with van der Waals surface area (Å²) in [6, 6.07) is 8.01. The maximum atomic E-state index is 6.12. The van der Waals surface area contributed by atoms with Gasteiger partial charge in [-0.1, -0.05) is 11.6 Å². The van der Waals surface area contributed by atoms with Gasteiger partial charge in [0.1, 0.15) is 5.75 Å². The Hall–Kier alpha value is -1.52. The lowest BCUT2D eigenvalue weighted by Crippen LogP contribution is -2.22. The molecule has 0 amide bonds. The Labute approximate surface area is 131 Å². The van der Waals surface area contributed by atoms with Crippen molar-refractivity contribution in [1.82, 2.24) is 15.1 Å². The number of aryl methyl sites for hydroxylation is 2. The van der Waals surface area contributed by atoms with Crippen LogP contribution in [0.3, 0.4) is 0 Å². The number of aromatic nitrogens is 2. The van der Waals surface area contributed by atoms with Crippen molar-refractivity contribution >= 4 is 11.6 Å². The van der Waals surface area contributed by atoms with E-state index in [1.54, 1.807) is 7.11 Å². The highest BCUT2D eigenvalue weighted by Gasteiger charge is 2.18. The summed E-state index contributed by atoms with van der Waals surface area (Å²) in [6.45, 7) is 4.97. The molecular weight excluding hydrogens is 286 g/mol. The molecule has 1 atom stereocenters. The minimum Gasteiger partial charge on any atom is -0.496 e. The van der Waals surface area contributed by atoms with Gasteiger partial charge in [0.05, 0.1) is 24.5 Å². The number of methoxy groups -OCH3 is 1. The van der Waals surface area contributed by atoms with Crippen LogP contribution >= 0.6 is 11.6 Å². The lowest BCUT2D eigenvalue weighted by atomic mass is 10.0. The molecule has 5 heteroatoms. The second-order valence-electron chi connectivity index (χ2n) is 5.03. The van der Waals surface area contributed by atoms with Gasteiger partial charge < -0.3 is 10.1 Å². The molecule has 0 aliphatic heterocycles. The van der Waals surface area contributed by atoms with E-state index in [4.69, 9.17) is 16.3 Å². The molecule has 0 bridgehead atoms. The molecule has 1 N–H and O–H groups in total. The molecular formula is C16H22ClN3O. The maximum Gasteiger partial charge on any atom is 0.122 e. The predicted molar refractivity (Wildman–Crippen MR) is 86.1 cm³/mol. The Morgan fingerprint density at radius 1 is 1.38 bits per heavy atom. The first kappa shape index (κ1) is 15.9. The number of benzene rings is 1. The molecule has 0 aliphatic rings. The van der Waals surface area contributed by atoms with Gasteiger partial charge in [0.2, 0.25) is 0 Å². The van der Waals surface area contributed by atoms with Gasteiger partial charge in [-0.3, -0.25) is 4.68 Å². The van der Waals surface area contributed by atoms with E-state index >= 15 is 0 Å². The van der Waals surface area contributed by atoms with Crippen molar-refractivity contribution in [3.8, 4) is 5.75 Å². The summed E-state index contributed by atoms with van der Waals surface area (Å²) < 4.78 is 7.47. The van der Waals surface area contributed by atoms with Crippen LogP contribution in [0.15, 0.2) is 24.3 Å². The Bertz CT molecular complexity index is 610. The first-order valence-corrected chi connectivity index (χ1v) is 7.50. The van der Waals surface area contributed by atoms with Gasteiger partial charge in [-0.05, 0) is 57.1 Å². The summed E-state index contributed by atoms with van der Waals surface area (Å²) in [4.78, 5) is 0. The summed E-state index contributed by atoms with van der Waals surface area (Å²) >= 11 is 6.12. The van der Waals surface area contributed by atoms with Gasteiger partial charge in [-0.25, -0.2) is 0 Å². The number of likely N-dealkylation sites (N-methyl/N-ethyl adjacent to an activating group) is 1. The summed E-state index contributed by atoms with van der Waals surface area (Å²) in [5, 5.41) is 8.61. The topological polar surface area (TPSA) is 39.1 Å². The normalized spacial score (nSPS) is 12.4. The molecule has 1 aromatic carbocycles. The molecule has 0 fully saturated rings. The van der Waals surface area contributed by atoms with E-state index in [-0.39, 0.29) is 6.04 Å². The number of nitrogens with zero attached hydrogens (tertiary/aromatic N) is 2. The number of halogens is 1. The lowest BCUT2D eigenvalue weighted by Gasteiger charge is -2.19. The van der Waals surface area contributed by atoms with Crippen LogP contribution in [0.4, 0.5) is 0 Å². The summed E-state index contributed by atoms with van der Waals surface area (Å²) in [5.41, 5.74) is 3.30. The third-order valence-corrected chi connectivity index (χ3v) is 3.84. The first-order valence-electron chi connectivity index (χ1n) is 7.13. The predicted octanol–water partition coefficient (Wildman–Crippen LogP) is 3.38. The second-order valence-corrected chi connectivity index (χ2v) is 5.46. The zero-order chi connectivity index (χ0) is 15.4. The van der Waals surface area contributed by atoms with E-state index in [9.17, 15) is 0 Å². The smallest absolute Gasteiger partial charge is 0.122 e. The summed E-state index contributed by atoms with van der Waals surface area (Å²) in [7, 11) is 3.64. The Balaban J connectivity index is 2.33. The van der Waals surface area contributed by atoms with Gasteiger partial charge >= 0.3 is 0 Å². The highest BCUT2D eigenvalue weighted by Crippen LogP contribution is 2.28. The second kappa shape index (κ2) is 6.96. The molecule has 1 unspecified atom stereocenters. The average Bonchev–Trinajstić information content (AvgIpc) is 2.86. The molecule has 0 spiro atoms. The first-order chi connectivity index (χ1) is 10.1. The highest BCUT2D eigenvalue weighted by atomic mass is 35.5. The SMILES string of the molecule is CCn1nc(C)cc1C(Cc1cc(Cl)ccc1OC)NC. The standard InChI is InChI=1S/C16H22ClN3O/c1-5-20-15(8-11(2)19-20)14(18-3)10-12-9-13(17)6-7-16(12)21-4/h6-9,14,18H,5,10H2,1-4H3. The molecule has 1 heterocycles. The van der Waals surface area contributed by atoms with E-state index in [1.165, 1.54) is 5.69 Å². The minimum absolute atomic E-state index is 0.165. The number of hydrogen-bond acceptors (Lipinski definition) is 3. The van der Waals surface area contributed by atoms with Crippen LogP contribution in [0.2, 0.25) is 5.02 Å². The van der Waals surface area contributed by atoms with Gasteiger partial charge in [0, 0.05) is 11.6 Å². The van der Waals surface area contributed by atoms with Crippen LogP contribution in [0.5, 0.6) is 5.75 Å². The molecule has 114 valence electrons. The van der Waals surface area contributed by atoms with Crippen molar-refractivity contribution in [1.29, 1.82) is 0 Å². The van der Waals surface area contributed by atoms with E-state index in [0.29, 0.717) is 0 Å². The van der Waals surface area contributed by atoms with E-state index in [0.717, 1.165) is 35.0 Å².